The van der Waals surface area contributed by atoms with Crippen LogP contribution >= 0.6 is 11.3 Å². The lowest BCUT2D eigenvalue weighted by Gasteiger charge is -2.10. The Morgan fingerprint density at radius 1 is 1.60 bits per heavy atom. The van der Waals surface area contributed by atoms with Crippen LogP contribution in [0.5, 0.6) is 0 Å². The molecule has 2 aromatic heterocycles. The normalized spacial score (nSPS) is 12.1. The van der Waals surface area contributed by atoms with Crippen molar-refractivity contribution in [2.45, 2.75) is 20.4 Å². The van der Waals surface area contributed by atoms with Gasteiger partial charge in [0.05, 0.1) is 17.4 Å². The van der Waals surface area contributed by atoms with E-state index < -0.39 is 4.92 Å². The molecule has 0 saturated carbocycles. The summed E-state index contributed by atoms with van der Waals surface area (Å²) in [5.74, 6) is -0.573. The number of hydrogen-bond acceptors (Lipinski definition) is 6. The molecule has 0 radical (unpaired) electrons. The smallest absolute Gasteiger partial charge is 0.302 e. The second kappa shape index (κ2) is 5.78. The number of aryl methyl sites for hydroxylation is 1. The summed E-state index contributed by atoms with van der Waals surface area (Å²) in [6, 6.07) is 0. The van der Waals surface area contributed by atoms with Crippen molar-refractivity contribution in [3.05, 3.63) is 33.6 Å². The van der Waals surface area contributed by atoms with Crippen LogP contribution in [0.25, 0.3) is 0 Å². The number of nitrogens with one attached hydrogen (secondary N) is 1. The lowest BCUT2D eigenvalue weighted by molar-refractivity contribution is -0.385. The molecule has 0 saturated heterocycles. The second-order valence-corrected chi connectivity index (χ2v) is 5.58. The molecule has 0 spiro atoms. The summed E-state index contributed by atoms with van der Waals surface area (Å²) in [4.78, 5) is 27.0. The number of nitro groups is 1. The maximum absolute atomic E-state index is 11.9. The molecular formula is C11H13N5O3S. The molecule has 0 aliphatic rings. The first kappa shape index (κ1) is 14.1. The number of hydrogen-bond donors (Lipinski definition) is 1. The Morgan fingerprint density at radius 3 is 2.90 bits per heavy atom. The van der Waals surface area contributed by atoms with Gasteiger partial charge in [0, 0.05) is 11.1 Å². The van der Waals surface area contributed by atoms with E-state index in [1.807, 2.05) is 6.92 Å². The molecule has 0 fully saturated rings. The number of thiazole rings is 1. The van der Waals surface area contributed by atoms with E-state index in [-0.39, 0.29) is 24.1 Å². The van der Waals surface area contributed by atoms with E-state index in [4.69, 9.17) is 0 Å². The number of anilines is 1. The molecule has 106 valence electrons. The van der Waals surface area contributed by atoms with Crippen LogP contribution in [0.4, 0.5) is 10.8 Å². The third-order valence-electron chi connectivity index (χ3n) is 2.59. The summed E-state index contributed by atoms with van der Waals surface area (Å²) in [5, 5.41) is 17.6. The molecule has 0 aliphatic carbocycles. The molecular weight excluding hydrogens is 282 g/mol. The molecule has 0 bridgehead atoms. The fourth-order valence-corrected chi connectivity index (χ4v) is 2.22. The number of carbonyl (C=O) groups excluding carboxylic acids is 1. The molecule has 2 aromatic rings. The SMILES string of the molecule is Cc1cnc(NC(=O)[C@H](C)Cn2cc([N+](=O)[O-])cn2)s1. The summed E-state index contributed by atoms with van der Waals surface area (Å²) in [7, 11) is 0. The molecule has 1 N–H and O–H groups in total. The van der Waals surface area contributed by atoms with Gasteiger partial charge in [-0.05, 0) is 6.92 Å². The number of carbonyl (C=O) groups is 1. The van der Waals surface area contributed by atoms with E-state index in [0.717, 1.165) is 11.1 Å². The third-order valence-corrected chi connectivity index (χ3v) is 3.42. The highest BCUT2D eigenvalue weighted by atomic mass is 32.1. The summed E-state index contributed by atoms with van der Waals surface area (Å²) in [6.45, 7) is 3.90. The maximum atomic E-state index is 11.9. The predicted molar refractivity (Wildman–Crippen MR) is 73.5 cm³/mol. The fraction of sp³-hybridized carbons (Fsp3) is 0.364. The van der Waals surface area contributed by atoms with E-state index in [1.54, 1.807) is 13.1 Å². The van der Waals surface area contributed by atoms with Gasteiger partial charge < -0.3 is 5.32 Å². The van der Waals surface area contributed by atoms with Crippen molar-refractivity contribution in [2.24, 2.45) is 5.92 Å². The van der Waals surface area contributed by atoms with Gasteiger partial charge in [0.1, 0.15) is 12.4 Å². The van der Waals surface area contributed by atoms with Crippen LogP contribution in [0.3, 0.4) is 0 Å². The summed E-state index contributed by atoms with van der Waals surface area (Å²) in [5.41, 5.74) is -0.0897. The van der Waals surface area contributed by atoms with E-state index in [9.17, 15) is 14.9 Å². The lowest BCUT2D eigenvalue weighted by Crippen LogP contribution is -2.24. The molecule has 1 amide bonds. The fourth-order valence-electron chi connectivity index (χ4n) is 1.55. The second-order valence-electron chi connectivity index (χ2n) is 4.34. The van der Waals surface area contributed by atoms with Crippen molar-refractivity contribution in [1.82, 2.24) is 14.8 Å². The molecule has 2 heterocycles. The van der Waals surface area contributed by atoms with Crippen molar-refractivity contribution >= 4 is 28.1 Å². The van der Waals surface area contributed by atoms with Gasteiger partial charge in [-0.1, -0.05) is 6.92 Å². The minimum absolute atomic E-state index is 0.0897. The maximum Gasteiger partial charge on any atom is 0.306 e. The van der Waals surface area contributed by atoms with Gasteiger partial charge in [-0.15, -0.1) is 11.3 Å². The number of aromatic nitrogens is 3. The molecule has 0 unspecified atom stereocenters. The lowest BCUT2D eigenvalue weighted by atomic mass is 10.1. The minimum atomic E-state index is -0.521. The first-order valence-electron chi connectivity index (χ1n) is 5.86. The van der Waals surface area contributed by atoms with E-state index in [0.29, 0.717) is 5.13 Å². The highest BCUT2D eigenvalue weighted by Gasteiger charge is 2.17. The van der Waals surface area contributed by atoms with Crippen LogP contribution in [0.1, 0.15) is 11.8 Å². The van der Waals surface area contributed by atoms with Crippen molar-refractivity contribution in [1.29, 1.82) is 0 Å². The Balaban J connectivity index is 1.94. The van der Waals surface area contributed by atoms with Crippen LogP contribution in [0.15, 0.2) is 18.6 Å². The molecule has 2 rings (SSSR count). The Kier molecular flexibility index (Phi) is 4.08. The van der Waals surface area contributed by atoms with Gasteiger partial charge in [-0.25, -0.2) is 4.98 Å². The average molecular weight is 295 g/mol. The number of nitrogens with zero attached hydrogens (tertiary/aromatic N) is 4. The van der Waals surface area contributed by atoms with Crippen LogP contribution in [-0.2, 0) is 11.3 Å². The van der Waals surface area contributed by atoms with Gasteiger partial charge in [-0.3, -0.25) is 19.6 Å². The zero-order valence-electron chi connectivity index (χ0n) is 10.9. The Bertz CT molecular complexity index is 636. The molecule has 9 heteroatoms. The van der Waals surface area contributed by atoms with Crippen molar-refractivity contribution in [2.75, 3.05) is 5.32 Å². The zero-order valence-corrected chi connectivity index (χ0v) is 11.8. The Morgan fingerprint density at radius 2 is 2.35 bits per heavy atom. The minimum Gasteiger partial charge on any atom is -0.302 e. The Labute approximate surface area is 118 Å². The molecule has 20 heavy (non-hydrogen) atoms. The van der Waals surface area contributed by atoms with Crippen molar-refractivity contribution in [3.63, 3.8) is 0 Å². The van der Waals surface area contributed by atoms with Crippen LogP contribution in [0.2, 0.25) is 0 Å². The summed E-state index contributed by atoms with van der Waals surface area (Å²) in [6.07, 6.45) is 4.15. The van der Waals surface area contributed by atoms with Gasteiger partial charge in [0.2, 0.25) is 5.91 Å². The molecule has 0 aromatic carbocycles. The highest BCUT2D eigenvalue weighted by molar-refractivity contribution is 7.15. The number of rotatable bonds is 5. The topological polar surface area (TPSA) is 103 Å². The van der Waals surface area contributed by atoms with Gasteiger partial charge in [0.25, 0.3) is 0 Å². The third kappa shape index (κ3) is 3.38. The first-order valence-corrected chi connectivity index (χ1v) is 6.67. The van der Waals surface area contributed by atoms with Gasteiger partial charge in [0.15, 0.2) is 5.13 Å². The van der Waals surface area contributed by atoms with Crippen LogP contribution in [0, 0.1) is 23.0 Å². The van der Waals surface area contributed by atoms with E-state index >= 15 is 0 Å². The summed E-state index contributed by atoms with van der Waals surface area (Å²) < 4.78 is 1.38. The van der Waals surface area contributed by atoms with Gasteiger partial charge in [-0.2, -0.15) is 5.10 Å². The molecule has 8 nitrogen and oxygen atoms in total. The predicted octanol–water partition coefficient (Wildman–Crippen LogP) is 1.83. The summed E-state index contributed by atoms with van der Waals surface area (Å²) >= 11 is 1.39. The zero-order chi connectivity index (χ0) is 14.7. The largest absolute Gasteiger partial charge is 0.306 e. The van der Waals surface area contributed by atoms with Crippen molar-refractivity contribution in [3.8, 4) is 0 Å². The van der Waals surface area contributed by atoms with E-state index in [2.05, 4.69) is 15.4 Å². The van der Waals surface area contributed by atoms with Crippen LogP contribution in [-0.4, -0.2) is 25.6 Å². The van der Waals surface area contributed by atoms with Gasteiger partial charge >= 0.3 is 5.69 Å². The number of amides is 1. The van der Waals surface area contributed by atoms with Crippen molar-refractivity contribution < 1.29 is 9.72 Å². The van der Waals surface area contributed by atoms with E-state index in [1.165, 1.54) is 22.2 Å². The standard InChI is InChI=1S/C11H13N5O3S/c1-7(5-15-6-9(4-13-15)16(18)19)10(17)14-11-12-3-8(2)20-11/h3-4,6-7H,5H2,1-2H3,(H,12,14,17)/t7-/m1/s1. The average Bonchev–Trinajstić information content (AvgIpc) is 2.98. The molecule has 0 aliphatic heterocycles. The monoisotopic (exact) mass is 295 g/mol. The molecule has 1 atom stereocenters. The Hall–Kier alpha value is -2.29. The highest BCUT2D eigenvalue weighted by Crippen LogP contribution is 2.18. The van der Waals surface area contributed by atoms with Crippen LogP contribution < -0.4 is 5.32 Å². The first-order chi connectivity index (χ1) is 9.45. The quantitative estimate of drug-likeness (QED) is 0.669.